The van der Waals surface area contributed by atoms with E-state index in [1.807, 2.05) is 4.90 Å². The van der Waals surface area contributed by atoms with Crippen molar-refractivity contribution >= 4 is 5.91 Å². The van der Waals surface area contributed by atoms with Crippen molar-refractivity contribution in [2.75, 3.05) is 6.54 Å². The summed E-state index contributed by atoms with van der Waals surface area (Å²) in [6, 6.07) is 0.0590. The van der Waals surface area contributed by atoms with Crippen LogP contribution in [0.4, 0.5) is 0 Å². The molecule has 2 atom stereocenters. The first kappa shape index (κ1) is 10.9. The maximum absolute atomic E-state index is 12.0. The smallest absolute Gasteiger partial charge is 0.241 e. The minimum atomic E-state index is 0.0590. The number of amides is 1. The van der Waals surface area contributed by atoms with Gasteiger partial charge in [0.15, 0.2) is 0 Å². The summed E-state index contributed by atoms with van der Waals surface area (Å²) in [6.07, 6.45) is 5.01. The summed E-state index contributed by atoms with van der Waals surface area (Å²) >= 11 is 0. The van der Waals surface area contributed by atoms with Crippen LogP contribution in [0.2, 0.25) is 0 Å². The van der Waals surface area contributed by atoms with Crippen LogP contribution in [0.5, 0.6) is 0 Å². The molecule has 15 heavy (non-hydrogen) atoms. The molecule has 0 aromatic heterocycles. The molecule has 2 rings (SSSR count). The highest BCUT2D eigenvalue weighted by Gasteiger charge is 2.41. The Morgan fingerprint density at radius 2 is 2.20 bits per heavy atom. The first-order valence-electron chi connectivity index (χ1n) is 6.12. The van der Waals surface area contributed by atoms with Gasteiger partial charge in [-0.25, -0.2) is 0 Å². The van der Waals surface area contributed by atoms with Gasteiger partial charge in [0, 0.05) is 6.54 Å². The Bertz CT molecular complexity index is 260. The lowest BCUT2D eigenvalue weighted by atomic mass is 9.70. The third kappa shape index (κ3) is 1.89. The number of carbonyl (C=O) groups is 1. The van der Waals surface area contributed by atoms with Gasteiger partial charge < -0.3 is 4.90 Å². The summed E-state index contributed by atoms with van der Waals surface area (Å²) < 4.78 is 0. The van der Waals surface area contributed by atoms with Crippen LogP contribution in [0.3, 0.4) is 0 Å². The molecule has 0 radical (unpaired) electrons. The molecule has 2 fully saturated rings. The molecule has 1 saturated carbocycles. The van der Waals surface area contributed by atoms with Crippen LogP contribution < -0.4 is 5.32 Å². The molecule has 3 nitrogen and oxygen atoms in total. The van der Waals surface area contributed by atoms with E-state index in [1.165, 1.54) is 19.3 Å². The van der Waals surface area contributed by atoms with Crippen LogP contribution in [0.15, 0.2) is 0 Å². The van der Waals surface area contributed by atoms with Crippen LogP contribution >= 0.6 is 0 Å². The van der Waals surface area contributed by atoms with Crippen molar-refractivity contribution in [1.29, 1.82) is 0 Å². The molecule has 0 bridgehead atoms. The summed E-state index contributed by atoms with van der Waals surface area (Å²) in [5.41, 5.74) is 0.397. The SMILES string of the molecule is CCC1NC(C)N(CC2(C)CCC2)C1=O. The zero-order chi connectivity index (χ0) is 11.1. The highest BCUT2D eigenvalue weighted by molar-refractivity contribution is 5.84. The predicted molar refractivity (Wildman–Crippen MR) is 60.3 cm³/mol. The van der Waals surface area contributed by atoms with Crippen LogP contribution in [0.25, 0.3) is 0 Å². The number of nitrogens with zero attached hydrogens (tertiary/aromatic N) is 1. The molecule has 3 heteroatoms. The van der Waals surface area contributed by atoms with Crippen molar-refractivity contribution in [1.82, 2.24) is 10.2 Å². The summed E-state index contributed by atoms with van der Waals surface area (Å²) in [6.45, 7) is 7.40. The van der Waals surface area contributed by atoms with E-state index in [1.54, 1.807) is 0 Å². The summed E-state index contributed by atoms with van der Waals surface area (Å²) in [5, 5.41) is 3.35. The van der Waals surface area contributed by atoms with E-state index in [4.69, 9.17) is 0 Å². The molecule has 0 aromatic carbocycles. The largest absolute Gasteiger partial charge is 0.326 e. The van der Waals surface area contributed by atoms with Crippen molar-refractivity contribution in [3.05, 3.63) is 0 Å². The van der Waals surface area contributed by atoms with Crippen molar-refractivity contribution in [2.45, 2.75) is 58.7 Å². The van der Waals surface area contributed by atoms with E-state index in [2.05, 4.69) is 26.1 Å². The molecule has 1 aliphatic heterocycles. The minimum absolute atomic E-state index is 0.0590. The van der Waals surface area contributed by atoms with E-state index < -0.39 is 0 Å². The molecule has 0 spiro atoms. The molecule has 2 unspecified atom stereocenters. The topological polar surface area (TPSA) is 32.3 Å². The number of hydrogen-bond acceptors (Lipinski definition) is 2. The predicted octanol–water partition coefficient (Wildman–Crippen LogP) is 1.73. The highest BCUT2D eigenvalue weighted by Crippen LogP contribution is 2.41. The zero-order valence-corrected chi connectivity index (χ0v) is 10.0. The summed E-state index contributed by atoms with van der Waals surface area (Å²) in [7, 11) is 0. The molecule has 86 valence electrons. The van der Waals surface area contributed by atoms with Crippen molar-refractivity contribution in [3.63, 3.8) is 0 Å². The van der Waals surface area contributed by atoms with E-state index in [0.717, 1.165) is 13.0 Å². The number of nitrogens with one attached hydrogen (secondary N) is 1. The Balaban J connectivity index is 1.99. The van der Waals surface area contributed by atoms with Gasteiger partial charge in [0.25, 0.3) is 0 Å². The van der Waals surface area contributed by atoms with Crippen LogP contribution in [-0.4, -0.2) is 29.6 Å². The molecule has 0 aromatic rings. The van der Waals surface area contributed by atoms with Gasteiger partial charge in [-0.3, -0.25) is 10.1 Å². The van der Waals surface area contributed by atoms with Crippen LogP contribution in [0.1, 0.15) is 46.5 Å². The maximum atomic E-state index is 12.0. The molecule has 1 saturated heterocycles. The lowest BCUT2D eigenvalue weighted by Gasteiger charge is -2.42. The Morgan fingerprint density at radius 1 is 1.53 bits per heavy atom. The summed E-state index contributed by atoms with van der Waals surface area (Å²) in [4.78, 5) is 14.1. The van der Waals surface area contributed by atoms with Crippen molar-refractivity contribution < 1.29 is 4.79 Å². The van der Waals surface area contributed by atoms with Crippen LogP contribution in [0, 0.1) is 5.41 Å². The Labute approximate surface area is 92.2 Å². The van der Waals surface area contributed by atoms with E-state index in [9.17, 15) is 4.79 Å². The van der Waals surface area contributed by atoms with E-state index in [-0.39, 0.29) is 12.2 Å². The fraction of sp³-hybridized carbons (Fsp3) is 0.917. The molecular formula is C12H22N2O. The quantitative estimate of drug-likeness (QED) is 0.769. The zero-order valence-electron chi connectivity index (χ0n) is 10.0. The van der Waals surface area contributed by atoms with Gasteiger partial charge >= 0.3 is 0 Å². The van der Waals surface area contributed by atoms with Crippen molar-refractivity contribution in [3.8, 4) is 0 Å². The number of carbonyl (C=O) groups excluding carboxylic acids is 1. The fourth-order valence-electron chi connectivity index (χ4n) is 2.70. The Kier molecular flexibility index (Phi) is 2.75. The number of hydrogen-bond donors (Lipinski definition) is 1. The standard InChI is InChI=1S/C12H22N2O/c1-4-10-11(15)14(9(2)13-10)8-12(3)6-5-7-12/h9-10,13H,4-8H2,1-3H3. The van der Waals surface area contributed by atoms with E-state index >= 15 is 0 Å². The molecule has 1 N–H and O–H groups in total. The maximum Gasteiger partial charge on any atom is 0.241 e. The molecule has 1 aliphatic carbocycles. The van der Waals surface area contributed by atoms with E-state index in [0.29, 0.717) is 11.3 Å². The second-order valence-corrected chi connectivity index (χ2v) is 5.43. The highest BCUT2D eigenvalue weighted by atomic mass is 16.2. The van der Waals surface area contributed by atoms with Gasteiger partial charge in [-0.15, -0.1) is 0 Å². The molecule has 1 heterocycles. The van der Waals surface area contributed by atoms with Gasteiger partial charge in [0.1, 0.15) is 0 Å². The van der Waals surface area contributed by atoms with Gasteiger partial charge in [0.05, 0.1) is 12.2 Å². The molecule has 1 amide bonds. The van der Waals surface area contributed by atoms with Gasteiger partial charge in [-0.2, -0.15) is 0 Å². The average molecular weight is 210 g/mol. The first-order chi connectivity index (χ1) is 7.06. The Hall–Kier alpha value is -0.570. The first-order valence-corrected chi connectivity index (χ1v) is 6.12. The molecule has 2 aliphatic rings. The third-order valence-corrected chi connectivity index (χ3v) is 4.01. The second-order valence-electron chi connectivity index (χ2n) is 5.43. The third-order valence-electron chi connectivity index (χ3n) is 4.01. The van der Waals surface area contributed by atoms with Crippen LogP contribution in [-0.2, 0) is 4.79 Å². The second kappa shape index (κ2) is 3.78. The lowest BCUT2D eigenvalue weighted by molar-refractivity contribution is -0.132. The fourth-order valence-corrected chi connectivity index (χ4v) is 2.70. The molecular weight excluding hydrogens is 188 g/mol. The van der Waals surface area contributed by atoms with Crippen molar-refractivity contribution in [2.24, 2.45) is 5.41 Å². The van der Waals surface area contributed by atoms with Gasteiger partial charge in [-0.05, 0) is 31.6 Å². The average Bonchev–Trinajstić information content (AvgIpc) is 2.42. The minimum Gasteiger partial charge on any atom is -0.326 e. The lowest BCUT2D eigenvalue weighted by Crippen LogP contribution is -2.45. The van der Waals surface area contributed by atoms with Gasteiger partial charge in [0.2, 0.25) is 5.91 Å². The summed E-state index contributed by atoms with van der Waals surface area (Å²) in [5.74, 6) is 0.304. The number of rotatable bonds is 3. The Morgan fingerprint density at radius 3 is 2.60 bits per heavy atom. The van der Waals surface area contributed by atoms with Gasteiger partial charge in [-0.1, -0.05) is 20.3 Å². The monoisotopic (exact) mass is 210 g/mol. The normalized spacial score (nSPS) is 34.3.